The molecule has 10 heteroatoms. The minimum Gasteiger partial charge on any atom is -0.376 e. The molecule has 3 aliphatic heterocycles. The van der Waals surface area contributed by atoms with Gasteiger partial charge in [-0.05, 0) is 55.9 Å². The predicted molar refractivity (Wildman–Crippen MR) is 139 cm³/mol. The number of aromatic amines is 1. The van der Waals surface area contributed by atoms with Gasteiger partial charge in [-0.2, -0.15) is 5.10 Å². The van der Waals surface area contributed by atoms with Crippen LogP contribution in [0.2, 0.25) is 0 Å². The van der Waals surface area contributed by atoms with E-state index in [9.17, 15) is 4.79 Å². The van der Waals surface area contributed by atoms with Crippen LogP contribution in [0.25, 0.3) is 11.2 Å². The summed E-state index contributed by atoms with van der Waals surface area (Å²) in [7, 11) is 1.65. The van der Waals surface area contributed by atoms with Crippen LogP contribution < -0.4 is 20.9 Å². The highest BCUT2D eigenvalue weighted by molar-refractivity contribution is 5.95. The number of rotatable bonds is 3. The number of nitrogens with zero attached hydrogens (tertiary/aromatic N) is 5. The normalized spacial score (nSPS) is 25.4. The van der Waals surface area contributed by atoms with Crippen LogP contribution >= 0.6 is 0 Å². The number of hydrogen-bond donors (Lipinski definition) is 3. The standard InChI is InChI=1S/C26H34N8O2/c1-15-6-9-34(19-5-4-17(12-18(15)19)25(35)28-3)24-21-23(31-32-24)30-20(13-29-21)33-10-7-26(8-11-33)14-36-16(2)22(26)27/h4-5,12-13,15-16,22H,6-11,14,27H2,1-3H3,(H,28,35)(H,30,31,32)/t15-,16-,22+/m0/s1. The molecule has 0 unspecified atom stereocenters. The van der Waals surface area contributed by atoms with Gasteiger partial charge in [0.25, 0.3) is 5.91 Å². The minimum atomic E-state index is -0.0775. The quantitative estimate of drug-likeness (QED) is 0.512. The molecule has 0 saturated carbocycles. The largest absolute Gasteiger partial charge is 0.376 e. The number of anilines is 3. The average molecular weight is 491 g/mol. The van der Waals surface area contributed by atoms with Gasteiger partial charge < -0.3 is 25.6 Å². The van der Waals surface area contributed by atoms with E-state index in [2.05, 4.69) is 39.2 Å². The van der Waals surface area contributed by atoms with Crippen molar-refractivity contribution in [2.75, 3.05) is 43.1 Å². The molecule has 6 rings (SSSR count). The maximum Gasteiger partial charge on any atom is 0.251 e. The Kier molecular flexibility index (Phi) is 5.60. The monoisotopic (exact) mass is 490 g/mol. The first kappa shape index (κ1) is 23.2. The molecule has 1 aromatic carbocycles. The number of piperidine rings is 1. The van der Waals surface area contributed by atoms with Crippen molar-refractivity contribution in [3.63, 3.8) is 0 Å². The van der Waals surface area contributed by atoms with E-state index >= 15 is 0 Å². The summed E-state index contributed by atoms with van der Waals surface area (Å²) < 4.78 is 5.86. The lowest BCUT2D eigenvalue weighted by molar-refractivity contribution is 0.0962. The van der Waals surface area contributed by atoms with Gasteiger partial charge in [-0.25, -0.2) is 9.97 Å². The molecule has 3 aromatic rings. The van der Waals surface area contributed by atoms with E-state index in [4.69, 9.17) is 20.4 Å². The van der Waals surface area contributed by atoms with E-state index in [1.165, 1.54) is 0 Å². The Morgan fingerprint density at radius 3 is 2.78 bits per heavy atom. The van der Waals surface area contributed by atoms with E-state index in [0.29, 0.717) is 17.1 Å². The van der Waals surface area contributed by atoms with Gasteiger partial charge in [0.15, 0.2) is 17.0 Å². The summed E-state index contributed by atoms with van der Waals surface area (Å²) in [5.41, 5.74) is 10.9. The van der Waals surface area contributed by atoms with E-state index in [1.54, 1.807) is 7.05 Å². The Labute approximate surface area is 210 Å². The number of carbonyl (C=O) groups excluding carboxylic acids is 1. The lowest BCUT2D eigenvalue weighted by atomic mass is 9.73. The highest BCUT2D eigenvalue weighted by atomic mass is 16.5. The number of ether oxygens (including phenoxy) is 1. The van der Waals surface area contributed by atoms with Crippen LogP contribution in [0, 0.1) is 5.41 Å². The van der Waals surface area contributed by atoms with Crippen LogP contribution in [0.5, 0.6) is 0 Å². The second-order valence-corrected chi connectivity index (χ2v) is 10.6. The fourth-order valence-corrected chi connectivity index (χ4v) is 6.07. The lowest BCUT2D eigenvalue weighted by Crippen LogP contribution is -2.50. The van der Waals surface area contributed by atoms with Gasteiger partial charge in [0.1, 0.15) is 5.82 Å². The van der Waals surface area contributed by atoms with Crippen LogP contribution in [-0.2, 0) is 4.74 Å². The molecule has 0 bridgehead atoms. The number of hydrogen-bond acceptors (Lipinski definition) is 8. The first-order valence-electron chi connectivity index (χ1n) is 12.9. The third-order valence-corrected chi connectivity index (χ3v) is 8.55. The highest BCUT2D eigenvalue weighted by Crippen LogP contribution is 2.43. The van der Waals surface area contributed by atoms with E-state index < -0.39 is 0 Å². The number of H-pyrrole nitrogens is 1. The van der Waals surface area contributed by atoms with Crippen LogP contribution in [0.1, 0.15) is 54.9 Å². The molecule has 190 valence electrons. The van der Waals surface area contributed by atoms with Crippen molar-refractivity contribution in [3.8, 4) is 0 Å². The van der Waals surface area contributed by atoms with Crippen LogP contribution in [0.4, 0.5) is 17.3 Å². The van der Waals surface area contributed by atoms with Gasteiger partial charge in [-0.15, -0.1) is 0 Å². The van der Waals surface area contributed by atoms with Crippen molar-refractivity contribution in [1.82, 2.24) is 25.5 Å². The summed E-state index contributed by atoms with van der Waals surface area (Å²) in [6.07, 6.45) is 4.93. The summed E-state index contributed by atoms with van der Waals surface area (Å²) in [5, 5.41) is 10.4. The number of fused-ring (bicyclic) bond motifs is 2. The maximum atomic E-state index is 12.2. The predicted octanol–water partition coefficient (Wildman–Crippen LogP) is 2.69. The fourth-order valence-electron chi connectivity index (χ4n) is 6.07. The smallest absolute Gasteiger partial charge is 0.251 e. The van der Waals surface area contributed by atoms with Crippen molar-refractivity contribution < 1.29 is 9.53 Å². The van der Waals surface area contributed by atoms with Gasteiger partial charge in [-0.1, -0.05) is 6.92 Å². The Bertz CT molecular complexity index is 1300. The topological polar surface area (TPSA) is 125 Å². The van der Waals surface area contributed by atoms with Crippen molar-refractivity contribution in [1.29, 1.82) is 0 Å². The van der Waals surface area contributed by atoms with Crippen LogP contribution in [0.3, 0.4) is 0 Å². The third kappa shape index (κ3) is 3.62. The van der Waals surface area contributed by atoms with Gasteiger partial charge in [0, 0.05) is 49.4 Å². The molecule has 5 heterocycles. The Morgan fingerprint density at radius 1 is 1.25 bits per heavy atom. The molecule has 1 amide bonds. The third-order valence-electron chi connectivity index (χ3n) is 8.55. The zero-order chi connectivity index (χ0) is 25.0. The lowest BCUT2D eigenvalue weighted by Gasteiger charge is -2.41. The molecule has 2 saturated heterocycles. The average Bonchev–Trinajstić information content (AvgIpc) is 3.45. The Hall–Kier alpha value is -3.24. The number of aromatic nitrogens is 4. The molecule has 1 spiro atoms. The molecular weight excluding hydrogens is 456 g/mol. The van der Waals surface area contributed by atoms with Crippen molar-refractivity contribution in [3.05, 3.63) is 35.5 Å². The molecule has 0 aliphatic carbocycles. The van der Waals surface area contributed by atoms with Gasteiger partial charge >= 0.3 is 0 Å². The molecular formula is C26H34N8O2. The van der Waals surface area contributed by atoms with E-state index in [1.807, 2.05) is 24.4 Å². The van der Waals surface area contributed by atoms with Gasteiger partial charge in [0.05, 0.1) is 18.9 Å². The van der Waals surface area contributed by atoms with E-state index in [0.717, 1.165) is 73.9 Å². The SMILES string of the molecule is CNC(=O)c1ccc2c(c1)[C@@H](C)CCN2c1n[nH]c2nc(N3CCC4(CC3)CO[C@@H](C)[C@H]4N)cnc12. The summed E-state index contributed by atoms with van der Waals surface area (Å²) in [6.45, 7) is 7.62. The molecule has 0 radical (unpaired) electrons. The second kappa shape index (κ2) is 8.70. The summed E-state index contributed by atoms with van der Waals surface area (Å²) in [6, 6.07) is 5.96. The molecule has 3 aliphatic rings. The number of nitrogens with two attached hydrogens (primary N) is 1. The molecule has 36 heavy (non-hydrogen) atoms. The number of carbonyl (C=O) groups is 1. The minimum absolute atomic E-state index is 0.0745. The molecule has 10 nitrogen and oxygen atoms in total. The molecule has 2 fully saturated rings. The molecule has 3 atom stereocenters. The second-order valence-electron chi connectivity index (χ2n) is 10.6. The zero-order valence-corrected chi connectivity index (χ0v) is 21.1. The number of nitrogens with one attached hydrogen (secondary N) is 2. The fraction of sp³-hybridized carbons (Fsp3) is 0.538. The molecule has 2 aromatic heterocycles. The summed E-state index contributed by atoms with van der Waals surface area (Å²) >= 11 is 0. The van der Waals surface area contributed by atoms with Crippen molar-refractivity contribution >= 4 is 34.4 Å². The van der Waals surface area contributed by atoms with Crippen molar-refractivity contribution in [2.45, 2.75) is 51.2 Å². The maximum absolute atomic E-state index is 12.2. The Morgan fingerprint density at radius 2 is 2.06 bits per heavy atom. The first-order valence-corrected chi connectivity index (χ1v) is 12.9. The van der Waals surface area contributed by atoms with Crippen molar-refractivity contribution in [2.24, 2.45) is 11.1 Å². The zero-order valence-electron chi connectivity index (χ0n) is 21.1. The van der Waals surface area contributed by atoms with Crippen LogP contribution in [-0.4, -0.2) is 71.5 Å². The highest BCUT2D eigenvalue weighted by Gasteiger charge is 2.47. The Balaban J connectivity index is 1.26. The number of benzene rings is 1. The van der Waals surface area contributed by atoms with Gasteiger partial charge in [-0.3, -0.25) is 9.89 Å². The molecule has 4 N–H and O–H groups in total. The number of amides is 1. The summed E-state index contributed by atoms with van der Waals surface area (Å²) in [5.74, 6) is 1.90. The summed E-state index contributed by atoms with van der Waals surface area (Å²) in [4.78, 5) is 26.3. The van der Waals surface area contributed by atoms with Gasteiger partial charge in [0.2, 0.25) is 0 Å². The van der Waals surface area contributed by atoms with E-state index in [-0.39, 0.29) is 23.5 Å². The van der Waals surface area contributed by atoms with Crippen LogP contribution in [0.15, 0.2) is 24.4 Å². The first-order chi connectivity index (χ1) is 17.4.